The van der Waals surface area contributed by atoms with E-state index < -0.39 is 17.4 Å². The monoisotopic (exact) mass is 391 g/mol. The Bertz CT molecular complexity index is 878. The van der Waals surface area contributed by atoms with Crippen molar-refractivity contribution in [2.45, 2.75) is 33.2 Å². The van der Waals surface area contributed by atoms with Crippen LogP contribution in [-0.4, -0.2) is 39.6 Å². The molecule has 0 unspecified atom stereocenters. The van der Waals surface area contributed by atoms with Gasteiger partial charge in [0.2, 0.25) is 0 Å². The van der Waals surface area contributed by atoms with Crippen molar-refractivity contribution < 1.29 is 19.4 Å². The minimum Gasteiger partial charge on any atom is -0.508 e. The van der Waals surface area contributed by atoms with E-state index in [4.69, 9.17) is 16.3 Å². The molecule has 0 radical (unpaired) electrons. The zero-order valence-corrected chi connectivity index (χ0v) is 16.6. The Hall–Kier alpha value is -2.80. The number of hydrazine groups is 1. The number of aromatic hydroxyl groups is 1. The normalized spacial score (nSPS) is 11.0. The third kappa shape index (κ3) is 4.31. The van der Waals surface area contributed by atoms with E-state index in [0.717, 1.165) is 0 Å². The molecule has 0 aliphatic heterocycles. The van der Waals surface area contributed by atoms with Crippen LogP contribution in [0, 0.1) is 6.92 Å². The molecule has 0 aliphatic carbocycles. The van der Waals surface area contributed by atoms with Crippen molar-refractivity contribution >= 4 is 23.4 Å². The molecule has 144 valence electrons. The number of nitrogens with one attached hydrogen (secondary N) is 1. The second-order valence-corrected chi connectivity index (χ2v) is 7.31. The van der Waals surface area contributed by atoms with Gasteiger partial charge >= 0.3 is 0 Å². The Morgan fingerprint density at radius 3 is 2.52 bits per heavy atom. The molecule has 7 nitrogen and oxygen atoms in total. The van der Waals surface area contributed by atoms with Gasteiger partial charge in [0.1, 0.15) is 11.3 Å². The lowest BCUT2D eigenvalue weighted by Gasteiger charge is -2.36. The lowest BCUT2D eigenvalue weighted by atomic mass is 10.0. The first-order chi connectivity index (χ1) is 12.6. The van der Waals surface area contributed by atoms with Crippen molar-refractivity contribution in [3.63, 3.8) is 0 Å². The molecule has 0 atom stereocenters. The smallest absolute Gasteiger partial charge is 0.275 e. The molecule has 1 aromatic carbocycles. The molecule has 27 heavy (non-hydrogen) atoms. The molecule has 0 fully saturated rings. The van der Waals surface area contributed by atoms with Gasteiger partial charge in [-0.1, -0.05) is 17.7 Å². The van der Waals surface area contributed by atoms with Gasteiger partial charge in [-0.15, -0.1) is 0 Å². The number of benzene rings is 1. The summed E-state index contributed by atoms with van der Waals surface area (Å²) in [6.07, 6.45) is 2.69. The highest BCUT2D eigenvalue weighted by Gasteiger charge is 2.32. The number of hydrogen-bond donors (Lipinski definition) is 2. The van der Waals surface area contributed by atoms with Gasteiger partial charge < -0.3 is 9.84 Å². The van der Waals surface area contributed by atoms with Crippen molar-refractivity contribution in [2.24, 2.45) is 0 Å². The lowest BCUT2D eigenvalue weighted by molar-refractivity contribution is 0.0356. The average Bonchev–Trinajstić information content (AvgIpc) is 2.60. The highest BCUT2D eigenvalue weighted by Crippen LogP contribution is 2.27. The van der Waals surface area contributed by atoms with E-state index in [1.165, 1.54) is 30.6 Å². The second kappa shape index (κ2) is 7.84. The van der Waals surface area contributed by atoms with Crippen LogP contribution in [0.3, 0.4) is 0 Å². The van der Waals surface area contributed by atoms with Gasteiger partial charge in [0.15, 0.2) is 5.75 Å². The van der Waals surface area contributed by atoms with Gasteiger partial charge in [-0.25, -0.2) is 5.01 Å². The van der Waals surface area contributed by atoms with E-state index in [-0.39, 0.29) is 27.6 Å². The van der Waals surface area contributed by atoms with Gasteiger partial charge in [-0.2, -0.15) is 0 Å². The van der Waals surface area contributed by atoms with Gasteiger partial charge in [-0.3, -0.25) is 20.0 Å². The van der Waals surface area contributed by atoms with Crippen molar-refractivity contribution in [2.75, 3.05) is 7.11 Å². The molecule has 2 N–H and O–H groups in total. The predicted octanol–water partition coefficient (Wildman–Crippen LogP) is 3.34. The van der Waals surface area contributed by atoms with E-state index in [9.17, 15) is 14.7 Å². The molecule has 0 spiro atoms. The molecule has 0 aliphatic rings. The number of halogens is 1. The van der Waals surface area contributed by atoms with Crippen LogP contribution in [0.1, 0.15) is 47.1 Å². The Balaban J connectivity index is 2.43. The van der Waals surface area contributed by atoms with Crippen LogP contribution < -0.4 is 10.2 Å². The first-order valence-electron chi connectivity index (χ1n) is 8.19. The molecule has 2 rings (SSSR count). The molecule has 2 amide bonds. The lowest BCUT2D eigenvalue weighted by Crippen LogP contribution is -2.56. The van der Waals surface area contributed by atoms with Crippen molar-refractivity contribution in [1.29, 1.82) is 0 Å². The Morgan fingerprint density at radius 2 is 1.93 bits per heavy atom. The van der Waals surface area contributed by atoms with Crippen LogP contribution in [0.15, 0.2) is 30.6 Å². The number of ether oxygens (including phenoxy) is 1. The average molecular weight is 392 g/mol. The van der Waals surface area contributed by atoms with Crippen LogP contribution in [0.4, 0.5) is 0 Å². The zero-order valence-electron chi connectivity index (χ0n) is 15.8. The fraction of sp³-hybridized carbons (Fsp3) is 0.316. The number of hydrogen-bond acceptors (Lipinski definition) is 5. The highest BCUT2D eigenvalue weighted by atomic mass is 35.5. The summed E-state index contributed by atoms with van der Waals surface area (Å²) < 4.78 is 5.15. The standard InChI is InChI=1S/C19H22ClN3O4/c1-11-12(7-6-8-14(11)24)18(26)23(19(2,3)4)22-17(25)16-13(20)9-21-10-15(16)27-5/h6-10,24H,1-5H3,(H,22,25). The van der Waals surface area contributed by atoms with E-state index in [1.807, 2.05) is 0 Å². The van der Waals surface area contributed by atoms with Crippen LogP contribution in [0.5, 0.6) is 11.5 Å². The number of rotatable bonds is 3. The quantitative estimate of drug-likeness (QED) is 0.783. The molecular weight excluding hydrogens is 370 g/mol. The molecule has 1 heterocycles. The van der Waals surface area contributed by atoms with Crippen molar-refractivity contribution in [1.82, 2.24) is 15.4 Å². The Labute approximate surface area is 162 Å². The maximum atomic E-state index is 13.1. The maximum Gasteiger partial charge on any atom is 0.275 e. The number of aromatic nitrogens is 1. The summed E-state index contributed by atoms with van der Waals surface area (Å²) in [5.41, 5.74) is 2.62. The largest absolute Gasteiger partial charge is 0.508 e. The number of carbonyl (C=O) groups excluding carboxylic acids is 2. The van der Waals surface area contributed by atoms with E-state index in [2.05, 4.69) is 10.4 Å². The number of phenolic OH excluding ortho intramolecular Hbond substituents is 1. The summed E-state index contributed by atoms with van der Waals surface area (Å²) in [4.78, 5) is 29.8. The van der Waals surface area contributed by atoms with Crippen LogP contribution in [0.2, 0.25) is 5.02 Å². The molecule has 0 bridgehead atoms. The van der Waals surface area contributed by atoms with Gasteiger partial charge in [0.25, 0.3) is 11.8 Å². The molecule has 2 aromatic rings. The number of methoxy groups -OCH3 is 1. The summed E-state index contributed by atoms with van der Waals surface area (Å²) in [5, 5.41) is 11.2. The van der Waals surface area contributed by atoms with Crippen molar-refractivity contribution in [3.8, 4) is 11.5 Å². The third-order valence-corrected chi connectivity index (χ3v) is 4.22. The first-order valence-corrected chi connectivity index (χ1v) is 8.57. The van der Waals surface area contributed by atoms with Gasteiger partial charge in [0.05, 0.1) is 23.9 Å². The summed E-state index contributed by atoms with van der Waals surface area (Å²) in [7, 11) is 1.40. The van der Waals surface area contributed by atoms with Crippen LogP contribution >= 0.6 is 11.6 Å². The summed E-state index contributed by atoms with van der Waals surface area (Å²) >= 11 is 6.10. The first kappa shape index (κ1) is 20.5. The Morgan fingerprint density at radius 1 is 1.26 bits per heavy atom. The summed E-state index contributed by atoms with van der Waals surface area (Å²) in [6, 6.07) is 4.65. The topological polar surface area (TPSA) is 91.8 Å². The fourth-order valence-corrected chi connectivity index (χ4v) is 2.68. The maximum absolute atomic E-state index is 13.1. The number of nitrogens with zero attached hydrogens (tertiary/aromatic N) is 2. The molecule has 0 saturated heterocycles. The van der Waals surface area contributed by atoms with E-state index in [1.54, 1.807) is 39.8 Å². The number of carbonyl (C=O) groups is 2. The predicted molar refractivity (Wildman–Crippen MR) is 102 cm³/mol. The van der Waals surface area contributed by atoms with Gasteiger partial charge in [-0.05, 0) is 39.8 Å². The van der Waals surface area contributed by atoms with Gasteiger partial charge in [0, 0.05) is 17.3 Å². The number of amides is 2. The zero-order chi connectivity index (χ0) is 20.4. The third-order valence-electron chi connectivity index (χ3n) is 3.93. The number of pyridine rings is 1. The summed E-state index contributed by atoms with van der Waals surface area (Å²) in [6.45, 7) is 6.95. The summed E-state index contributed by atoms with van der Waals surface area (Å²) in [5.74, 6) is -0.886. The molecule has 0 saturated carbocycles. The fourth-order valence-electron chi connectivity index (χ4n) is 2.45. The minimum atomic E-state index is -0.753. The molecular formula is C19H22ClN3O4. The second-order valence-electron chi connectivity index (χ2n) is 6.90. The van der Waals surface area contributed by atoms with Crippen molar-refractivity contribution in [3.05, 3.63) is 52.3 Å². The minimum absolute atomic E-state index is 0.000108. The SMILES string of the molecule is COc1cncc(Cl)c1C(=O)NN(C(=O)c1cccc(O)c1C)C(C)(C)C. The Kier molecular flexibility index (Phi) is 5.95. The van der Waals surface area contributed by atoms with E-state index in [0.29, 0.717) is 5.56 Å². The van der Waals surface area contributed by atoms with Crippen LogP contribution in [-0.2, 0) is 0 Å². The number of phenols is 1. The molecule has 8 heteroatoms. The van der Waals surface area contributed by atoms with Crippen LogP contribution in [0.25, 0.3) is 0 Å². The molecule has 1 aromatic heterocycles. The highest BCUT2D eigenvalue weighted by molar-refractivity contribution is 6.34. The van der Waals surface area contributed by atoms with E-state index >= 15 is 0 Å².